The van der Waals surface area contributed by atoms with E-state index in [0.29, 0.717) is 13.0 Å². The monoisotopic (exact) mass is 329 g/mol. The number of amides is 2. The van der Waals surface area contributed by atoms with E-state index in [2.05, 4.69) is 10.2 Å². The molecule has 0 radical (unpaired) electrons. The number of benzene rings is 1. The van der Waals surface area contributed by atoms with Gasteiger partial charge in [-0.2, -0.15) is 0 Å². The molecule has 2 amide bonds. The molecular formula is C19H27N3O2. The van der Waals surface area contributed by atoms with Crippen LogP contribution >= 0.6 is 0 Å². The Morgan fingerprint density at radius 2 is 1.67 bits per heavy atom. The molecule has 5 heteroatoms. The average Bonchev–Trinajstić information content (AvgIpc) is 3.12. The molecule has 0 spiro atoms. The van der Waals surface area contributed by atoms with Crippen LogP contribution in [0.3, 0.4) is 0 Å². The predicted octanol–water partition coefficient (Wildman–Crippen LogP) is 1.43. The summed E-state index contributed by atoms with van der Waals surface area (Å²) < 4.78 is 0. The van der Waals surface area contributed by atoms with Crippen molar-refractivity contribution in [3.63, 3.8) is 0 Å². The van der Waals surface area contributed by atoms with Gasteiger partial charge in [0.2, 0.25) is 11.8 Å². The topological polar surface area (TPSA) is 52.7 Å². The first-order chi connectivity index (χ1) is 11.7. The van der Waals surface area contributed by atoms with Gasteiger partial charge in [0.05, 0.1) is 13.0 Å². The number of hydrogen-bond acceptors (Lipinski definition) is 3. The first kappa shape index (κ1) is 17.0. The molecule has 1 aromatic carbocycles. The Labute approximate surface area is 144 Å². The third kappa shape index (κ3) is 4.81. The molecule has 0 aromatic heterocycles. The van der Waals surface area contributed by atoms with Crippen LogP contribution in [0.25, 0.3) is 0 Å². The lowest BCUT2D eigenvalue weighted by Crippen LogP contribution is -2.48. The maximum absolute atomic E-state index is 12.2. The normalized spacial score (nSPS) is 19.4. The molecule has 5 nitrogen and oxygen atoms in total. The first-order valence-electron chi connectivity index (χ1n) is 9.04. The van der Waals surface area contributed by atoms with Gasteiger partial charge in [-0.3, -0.25) is 14.5 Å². The van der Waals surface area contributed by atoms with Crippen LogP contribution in [0.2, 0.25) is 0 Å². The van der Waals surface area contributed by atoms with E-state index < -0.39 is 0 Å². The fraction of sp³-hybridized carbons (Fsp3) is 0.579. The second kappa shape index (κ2) is 8.29. The summed E-state index contributed by atoms with van der Waals surface area (Å²) in [6.07, 6.45) is 4.57. The number of piperidine rings is 1. The smallest absolute Gasteiger partial charge is 0.236 e. The van der Waals surface area contributed by atoms with Crippen molar-refractivity contribution in [3.8, 4) is 0 Å². The zero-order valence-corrected chi connectivity index (χ0v) is 14.2. The van der Waals surface area contributed by atoms with Crippen LogP contribution in [0, 0.1) is 0 Å². The standard InChI is InChI=1S/C19H27N3O2/c23-18(14-16-6-2-1-3-7-16)20-17-8-12-21(13-9-17)15-19(24)22-10-4-5-11-22/h1-3,6-7,17H,4-5,8-15H2,(H,20,23). The fourth-order valence-corrected chi connectivity index (χ4v) is 3.55. The largest absolute Gasteiger partial charge is 0.353 e. The highest BCUT2D eigenvalue weighted by atomic mass is 16.2. The fourth-order valence-electron chi connectivity index (χ4n) is 3.55. The lowest BCUT2D eigenvalue weighted by molar-refractivity contribution is -0.132. The van der Waals surface area contributed by atoms with Crippen molar-refractivity contribution in [1.82, 2.24) is 15.1 Å². The molecule has 1 aromatic rings. The van der Waals surface area contributed by atoms with Crippen LogP contribution in [-0.2, 0) is 16.0 Å². The molecule has 2 heterocycles. The average molecular weight is 329 g/mol. The van der Waals surface area contributed by atoms with Crippen molar-refractivity contribution >= 4 is 11.8 Å². The maximum Gasteiger partial charge on any atom is 0.236 e. The lowest BCUT2D eigenvalue weighted by atomic mass is 10.0. The molecule has 3 rings (SSSR count). The highest BCUT2D eigenvalue weighted by molar-refractivity contribution is 5.79. The van der Waals surface area contributed by atoms with Crippen molar-refractivity contribution < 1.29 is 9.59 Å². The Balaban J connectivity index is 1.37. The van der Waals surface area contributed by atoms with Gasteiger partial charge in [0, 0.05) is 32.2 Å². The molecule has 2 aliphatic heterocycles. The van der Waals surface area contributed by atoms with Gasteiger partial charge in [-0.15, -0.1) is 0 Å². The molecule has 2 aliphatic rings. The van der Waals surface area contributed by atoms with E-state index >= 15 is 0 Å². The van der Waals surface area contributed by atoms with Crippen molar-refractivity contribution in [2.24, 2.45) is 0 Å². The van der Waals surface area contributed by atoms with Gasteiger partial charge < -0.3 is 10.2 Å². The van der Waals surface area contributed by atoms with Gasteiger partial charge in [-0.1, -0.05) is 30.3 Å². The van der Waals surface area contributed by atoms with E-state index in [-0.39, 0.29) is 17.9 Å². The molecule has 2 fully saturated rings. The van der Waals surface area contributed by atoms with Crippen LogP contribution in [-0.4, -0.2) is 60.4 Å². The number of likely N-dealkylation sites (tertiary alicyclic amines) is 2. The highest BCUT2D eigenvalue weighted by Gasteiger charge is 2.25. The van der Waals surface area contributed by atoms with Crippen LogP contribution in [0.5, 0.6) is 0 Å². The minimum Gasteiger partial charge on any atom is -0.353 e. The van der Waals surface area contributed by atoms with Crippen LogP contribution in [0.4, 0.5) is 0 Å². The minimum absolute atomic E-state index is 0.0905. The second-order valence-electron chi connectivity index (χ2n) is 6.87. The van der Waals surface area contributed by atoms with Gasteiger partial charge in [0.1, 0.15) is 0 Å². The van der Waals surface area contributed by atoms with Gasteiger partial charge >= 0.3 is 0 Å². The van der Waals surface area contributed by atoms with Crippen molar-refractivity contribution in [2.75, 3.05) is 32.7 Å². The number of rotatable bonds is 5. The zero-order chi connectivity index (χ0) is 16.8. The summed E-state index contributed by atoms with van der Waals surface area (Å²) in [4.78, 5) is 28.5. The minimum atomic E-state index is 0.0905. The third-order valence-electron chi connectivity index (χ3n) is 4.98. The molecule has 0 unspecified atom stereocenters. The van der Waals surface area contributed by atoms with E-state index in [4.69, 9.17) is 0 Å². The van der Waals surface area contributed by atoms with Crippen LogP contribution < -0.4 is 5.32 Å². The molecule has 1 N–H and O–H groups in total. The number of nitrogens with zero attached hydrogens (tertiary/aromatic N) is 2. The molecule has 0 atom stereocenters. The lowest BCUT2D eigenvalue weighted by Gasteiger charge is -2.32. The van der Waals surface area contributed by atoms with Gasteiger partial charge in [0.15, 0.2) is 0 Å². The molecule has 130 valence electrons. The molecule has 0 saturated carbocycles. The van der Waals surface area contributed by atoms with Crippen molar-refractivity contribution in [1.29, 1.82) is 0 Å². The number of nitrogens with one attached hydrogen (secondary N) is 1. The van der Waals surface area contributed by atoms with E-state index in [9.17, 15) is 9.59 Å². The SMILES string of the molecule is O=C(Cc1ccccc1)NC1CCN(CC(=O)N2CCCC2)CC1. The second-order valence-corrected chi connectivity index (χ2v) is 6.87. The molecular weight excluding hydrogens is 302 g/mol. The van der Waals surface area contributed by atoms with Gasteiger partial charge in [-0.25, -0.2) is 0 Å². The number of carbonyl (C=O) groups excluding carboxylic acids is 2. The highest BCUT2D eigenvalue weighted by Crippen LogP contribution is 2.13. The predicted molar refractivity (Wildman–Crippen MR) is 93.6 cm³/mol. The summed E-state index contributed by atoms with van der Waals surface area (Å²) in [7, 11) is 0. The van der Waals surface area contributed by atoms with E-state index in [1.807, 2.05) is 35.2 Å². The molecule has 0 aliphatic carbocycles. The quantitative estimate of drug-likeness (QED) is 0.889. The summed E-state index contributed by atoms with van der Waals surface area (Å²) in [6, 6.07) is 10.1. The molecule has 0 bridgehead atoms. The first-order valence-corrected chi connectivity index (χ1v) is 9.04. The van der Waals surface area contributed by atoms with E-state index in [0.717, 1.165) is 57.4 Å². The summed E-state index contributed by atoms with van der Waals surface area (Å²) >= 11 is 0. The summed E-state index contributed by atoms with van der Waals surface area (Å²) in [6.45, 7) is 4.14. The zero-order valence-electron chi connectivity index (χ0n) is 14.2. The van der Waals surface area contributed by atoms with E-state index in [1.165, 1.54) is 0 Å². The third-order valence-corrected chi connectivity index (χ3v) is 4.98. The Morgan fingerprint density at radius 3 is 2.33 bits per heavy atom. The Hall–Kier alpha value is -1.88. The Morgan fingerprint density at radius 1 is 1.00 bits per heavy atom. The van der Waals surface area contributed by atoms with Gasteiger partial charge in [0.25, 0.3) is 0 Å². The molecule has 2 saturated heterocycles. The van der Waals surface area contributed by atoms with Crippen molar-refractivity contribution in [2.45, 2.75) is 38.1 Å². The summed E-state index contributed by atoms with van der Waals surface area (Å²) in [5.41, 5.74) is 1.05. The van der Waals surface area contributed by atoms with Crippen LogP contribution in [0.1, 0.15) is 31.2 Å². The number of hydrogen-bond donors (Lipinski definition) is 1. The van der Waals surface area contributed by atoms with Crippen LogP contribution in [0.15, 0.2) is 30.3 Å². The maximum atomic E-state index is 12.2. The van der Waals surface area contributed by atoms with E-state index in [1.54, 1.807) is 0 Å². The Kier molecular flexibility index (Phi) is 5.86. The number of carbonyl (C=O) groups is 2. The summed E-state index contributed by atoms with van der Waals surface area (Å²) in [5, 5.41) is 3.14. The van der Waals surface area contributed by atoms with Gasteiger partial charge in [-0.05, 0) is 31.2 Å². The molecule has 24 heavy (non-hydrogen) atoms. The Bertz CT molecular complexity index is 547. The summed E-state index contributed by atoms with van der Waals surface area (Å²) in [5.74, 6) is 0.354. The van der Waals surface area contributed by atoms with Crippen molar-refractivity contribution in [3.05, 3.63) is 35.9 Å².